The van der Waals surface area contributed by atoms with Gasteiger partial charge in [0.05, 0.1) is 0 Å². The summed E-state index contributed by atoms with van der Waals surface area (Å²) in [7, 11) is 0. The van der Waals surface area contributed by atoms with Gasteiger partial charge >= 0.3 is 0 Å². The van der Waals surface area contributed by atoms with Gasteiger partial charge in [0, 0.05) is 30.2 Å². The van der Waals surface area contributed by atoms with Crippen molar-refractivity contribution in [1.82, 2.24) is 4.90 Å². The van der Waals surface area contributed by atoms with Crippen molar-refractivity contribution in [3.8, 4) is 0 Å². The SMILES string of the molecule is Cc1c(N)cccc1CN1CCc2sccc2C1. The van der Waals surface area contributed by atoms with Crippen molar-refractivity contribution >= 4 is 17.0 Å². The predicted molar refractivity (Wildman–Crippen MR) is 77.7 cm³/mol. The normalized spacial score (nSPS) is 15.6. The highest BCUT2D eigenvalue weighted by Gasteiger charge is 2.17. The Labute approximate surface area is 112 Å². The second-order valence-corrected chi connectivity index (χ2v) is 5.96. The van der Waals surface area contributed by atoms with Crippen LogP contribution in [0.2, 0.25) is 0 Å². The van der Waals surface area contributed by atoms with Crippen LogP contribution in [0.15, 0.2) is 29.6 Å². The topological polar surface area (TPSA) is 29.3 Å². The van der Waals surface area contributed by atoms with E-state index in [0.717, 1.165) is 25.3 Å². The first-order chi connectivity index (χ1) is 8.74. The highest BCUT2D eigenvalue weighted by molar-refractivity contribution is 7.10. The second kappa shape index (κ2) is 4.75. The first kappa shape index (κ1) is 11.8. The molecule has 18 heavy (non-hydrogen) atoms. The van der Waals surface area contributed by atoms with E-state index in [2.05, 4.69) is 35.4 Å². The van der Waals surface area contributed by atoms with Crippen LogP contribution in [0, 0.1) is 6.92 Å². The predicted octanol–water partition coefficient (Wildman–Crippen LogP) is 3.20. The average Bonchev–Trinajstić information content (AvgIpc) is 2.82. The van der Waals surface area contributed by atoms with Gasteiger partial charge in [-0.15, -0.1) is 11.3 Å². The molecule has 3 rings (SSSR count). The molecule has 0 amide bonds. The average molecular weight is 258 g/mol. The molecule has 0 saturated heterocycles. The molecule has 0 spiro atoms. The molecule has 0 unspecified atom stereocenters. The van der Waals surface area contributed by atoms with Gasteiger partial charge in [-0.1, -0.05) is 12.1 Å². The number of hydrogen-bond acceptors (Lipinski definition) is 3. The number of benzene rings is 1. The lowest BCUT2D eigenvalue weighted by molar-refractivity contribution is 0.247. The van der Waals surface area contributed by atoms with Gasteiger partial charge in [0.25, 0.3) is 0 Å². The Morgan fingerprint density at radius 3 is 3.11 bits per heavy atom. The van der Waals surface area contributed by atoms with Crippen LogP contribution >= 0.6 is 11.3 Å². The van der Waals surface area contributed by atoms with E-state index in [9.17, 15) is 0 Å². The largest absolute Gasteiger partial charge is 0.399 e. The first-order valence-corrected chi connectivity index (χ1v) is 7.23. The van der Waals surface area contributed by atoms with E-state index in [-0.39, 0.29) is 0 Å². The molecule has 1 aromatic carbocycles. The van der Waals surface area contributed by atoms with Gasteiger partial charge in [-0.2, -0.15) is 0 Å². The number of nitrogens with zero attached hydrogens (tertiary/aromatic N) is 1. The van der Waals surface area contributed by atoms with Crippen LogP contribution in [0.5, 0.6) is 0 Å². The van der Waals surface area contributed by atoms with Gasteiger partial charge < -0.3 is 5.73 Å². The van der Waals surface area contributed by atoms with Crippen LogP contribution in [-0.4, -0.2) is 11.4 Å². The number of fused-ring (bicyclic) bond motifs is 1. The summed E-state index contributed by atoms with van der Waals surface area (Å²) in [6.45, 7) is 5.35. The van der Waals surface area contributed by atoms with E-state index in [1.165, 1.54) is 23.1 Å². The van der Waals surface area contributed by atoms with Crippen molar-refractivity contribution in [3.63, 3.8) is 0 Å². The Hall–Kier alpha value is -1.32. The molecule has 94 valence electrons. The third-order valence-electron chi connectivity index (χ3n) is 3.77. The number of anilines is 1. The molecule has 1 aliphatic heterocycles. The molecule has 1 aromatic heterocycles. The van der Waals surface area contributed by atoms with Crippen LogP contribution < -0.4 is 5.73 Å². The Morgan fingerprint density at radius 2 is 2.22 bits per heavy atom. The van der Waals surface area contributed by atoms with Crippen LogP contribution in [0.3, 0.4) is 0 Å². The highest BCUT2D eigenvalue weighted by atomic mass is 32.1. The van der Waals surface area contributed by atoms with E-state index < -0.39 is 0 Å². The van der Waals surface area contributed by atoms with Crippen molar-refractivity contribution < 1.29 is 0 Å². The lowest BCUT2D eigenvalue weighted by Crippen LogP contribution is -2.29. The molecule has 0 bridgehead atoms. The summed E-state index contributed by atoms with van der Waals surface area (Å²) in [5.74, 6) is 0. The van der Waals surface area contributed by atoms with Crippen LogP contribution in [0.4, 0.5) is 5.69 Å². The lowest BCUT2D eigenvalue weighted by Gasteiger charge is -2.27. The second-order valence-electron chi connectivity index (χ2n) is 4.96. The third-order valence-corrected chi connectivity index (χ3v) is 4.79. The Balaban J connectivity index is 1.77. The van der Waals surface area contributed by atoms with Gasteiger partial charge in [-0.3, -0.25) is 4.90 Å². The lowest BCUT2D eigenvalue weighted by atomic mass is 10.0. The number of rotatable bonds is 2. The number of nitrogen functional groups attached to an aromatic ring is 1. The van der Waals surface area contributed by atoms with E-state index in [1.807, 2.05) is 17.4 Å². The minimum atomic E-state index is 0.903. The maximum Gasteiger partial charge on any atom is 0.0346 e. The zero-order valence-electron chi connectivity index (χ0n) is 10.6. The van der Waals surface area contributed by atoms with Crippen LogP contribution in [0.25, 0.3) is 0 Å². The van der Waals surface area contributed by atoms with Crippen molar-refractivity contribution in [3.05, 3.63) is 51.2 Å². The highest BCUT2D eigenvalue weighted by Crippen LogP contribution is 2.26. The van der Waals surface area contributed by atoms with Crippen molar-refractivity contribution in [1.29, 1.82) is 0 Å². The van der Waals surface area contributed by atoms with Gasteiger partial charge in [-0.05, 0) is 47.5 Å². The molecule has 2 nitrogen and oxygen atoms in total. The Morgan fingerprint density at radius 1 is 1.33 bits per heavy atom. The summed E-state index contributed by atoms with van der Waals surface area (Å²) in [5, 5.41) is 2.21. The smallest absolute Gasteiger partial charge is 0.0346 e. The monoisotopic (exact) mass is 258 g/mol. The van der Waals surface area contributed by atoms with Crippen molar-refractivity contribution in [2.24, 2.45) is 0 Å². The standard InChI is InChI=1S/C15H18N2S/c1-11-12(3-2-4-14(11)16)9-17-7-5-15-13(10-17)6-8-18-15/h2-4,6,8H,5,7,9-10,16H2,1H3. The zero-order chi connectivity index (χ0) is 12.5. The maximum absolute atomic E-state index is 5.97. The number of hydrogen-bond donors (Lipinski definition) is 1. The molecule has 0 radical (unpaired) electrons. The van der Waals surface area contributed by atoms with E-state index >= 15 is 0 Å². The zero-order valence-corrected chi connectivity index (χ0v) is 11.5. The summed E-state index contributed by atoms with van der Waals surface area (Å²) in [6, 6.07) is 8.48. The summed E-state index contributed by atoms with van der Waals surface area (Å²) in [5.41, 5.74) is 11.0. The van der Waals surface area contributed by atoms with Crippen molar-refractivity contribution in [2.45, 2.75) is 26.4 Å². The molecular weight excluding hydrogens is 240 g/mol. The van der Waals surface area contributed by atoms with Crippen LogP contribution in [0.1, 0.15) is 21.6 Å². The van der Waals surface area contributed by atoms with Gasteiger partial charge in [0.1, 0.15) is 0 Å². The number of thiophene rings is 1. The van der Waals surface area contributed by atoms with E-state index in [4.69, 9.17) is 5.73 Å². The Kier molecular flexibility index (Phi) is 3.10. The quantitative estimate of drug-likeness (QED) is 0.838. The maximum atomic E-state index is 5.97. The van der Waals surface area contributed by atoms with Crippen molar-refractivity contribution in [2.75, 3.05) is 12.3 Å². The van der Waals surface area contributed by atoms with Gasteiger partial charge in [0.2, 0.25) is 0 Å². The fourth-order valence-corrected chi connectivity index (χ4v) is 3.45. The molecule has 0 saturated carbocycles. The summed E-state index contributed by atoms with van der Waals surface area (Å²) in [4.78, 5) is 4.08. The van der Waals surface area contributed by atoms with E-state index in [0.29, 0.717) is 0 Å². The molecule has 0 fully saturated rings. The molecule has 2 heterocycles. The minimum absolute atomic E-state index is 0.903. The summed E-state index contributed by atoms with van der Waals surface area (Å²) >= 11 is 1.89. The van der Waals surface area contributed by atoms with Gasteiger partial charge in [0.15, 0.2) is 0 Å². The molecule has 2 aromatic rings. The number of nitrogens with two attached hydrogens (primary N) is 1. The molecular formula is C15H18N2S. The molecule has 2 N–H and O–H groups in total. The summed E-state index contributed by atoms with van der Waals surface area (Å²) in [6.07, 6.45) is 1.19. The molecule has 0 atom stereocenters. The fraction of sp³-hybridized carbons (Fsp3) is 0.333. The van der Waals surface area contributed by atoms with Gasteiger partial charge in [-0.25, -0.2) is 0 Å². The van der Waals surface area contributed by atoms with Crippen LogP contribution in [-0.2, 0) is 19.5 Å². The van der Waals surface area contributed by atoms with E-state index in [1.54, 1.807) is 4.88 Å². The molecule has 3 heteroatoms. The molecule has 0 aliphatic carbocycles. The summed E-state index contributed by atoms with van der Waals surface area (Å²) < 4.78 is 0. The third kappa shape index (κ3) is 2.16. The minimum Gasteiger partial charge on any atom is -0.399 e. The molecule has 1 aliphatic rings. The Bertz CT molecular complexity index is 559. The first-order valence-electron chi connectivity index (χ1n) is 6.35. The fourth-order valence-electron chi connectivity index (χ4n) is 2.56.